The molecule has 0 saturated heterocycles. The molecular weight excluding hydrogens is 270 g/mol. The SMILES string of the molecule is CC(C)(C)OC(=O)NC(CN)Cc1cc2ncccn2n1. The van der Waals surface area contributed by atoms with E-state index in [9.17, 15) is 4.79 Å². The van der Waals surface area contributed by atoms with Gasteiger partial charge in [0.2, 0.25) is 0 Å². The van der Waals surface area contributed by atoms with Gasteiger partial charge in [0.15, 0.2) is 5.65 Å². The number of rotatable bonds is 4. The number of nitrogens with one attached hydrogen (secondary N) is 1. The van der Waals surface area contributed by atoms with Crippen LogP contribution in [0.15, 0.2) is 24.5 Å². The minimum Gasteiger partial charge on any atom is -0.444 e. The molecule has 2 rings (SSSR count). The van der Waals surface area contributed by atoms with Crippen molar-refractivity contribution in [3.8, 4) is 0 Å². The molecule has 0 saturated carbocycles. The van der Waals surface area contributed by atoms with Crippen LogP contribution in [0.4, 0.5) is 4.79 Å². The van der Waals surface area contributed by atoms with E-state index >= 15 is 0 Å². The lowest BCUT2D eigenvalue weighted by molar-refractivity contribution is 0.0505. The van der Waals surface area contributed by atoms with Gasteiger partial charge in [-0.2, -0.15) is 5.10 Å². The summed E-state index contributed by atoms with van der Waals surface area (Å²) in [5.41, 5.74) is 6.76. The summed E-state index contributed by atoms with van der Waals surface area (Å²) in [6.45, 7) is 5.76. The number of alkyl carbamates (subject to hydrolysis) is 1. The highest BCUT2D eigenvalue weighted by Crippen LogP contribution is 2.08. The summed E-state index contributed by atoms with van der Waals surface area (Å²) in [6.07, 6.45) is 3.59. The van der Waals surface area contributed by atoms with Crippen molar-refractivity contribution in [3.05, 3.63) is 30.2 Å². The molecule has 0 aromatic carbocycles. The Kier molecular flexibility index (Phi) is 4.42. The fraction of sp³-hybridized carbons (Fsp3) is 0.500. The molecule has 1 atom stereocenters. The summed E-state index contributed by atoms with van der Waals surface area (Å²) >= 11 is 0. The van der Waals surface area contributed by atoms with Crippen LogP contribution in [0.2, 0.25) is 0 Å². The molecule has 7 heteroatoms. The second-order valence-electron chi connectivity index (χ2n) is 5.84. The molecule has 0 aliphatic carbocycles. The Morgan fingerprint density at radius 1 is 1.52 bits per heavy atom. The molecule has 3 N–H and O–H groups in total. The smallest absolute Gasteiger partial charge is 0.407 e. The number of carbonyl (C=O) groups is 1. The van der Waals surface area contributed by atoms with Crippen LogP contribution < -0.4 is 11.1 Å². The standard InChI is InChI=1S/C14H21N5O2/c1-14(2,3)21-13(20)17-11(9-15)7-10-8-12-16-5-4-6-19(12)18-10/h4-6,8,11H,7,9,15H2,1-3H3,(H,17,20). The van der Waals surface area contributed by atoms with Crippen LogP contribution in [0.1, 0.15) is 26.5 Å². The molecule has 1 amide bonds. The Bertz CT molecular complexity index is 584. The number of fused-ring (bicyclic) bond motifs is 1. The highest BCUT2D eigenvalue weighted by atomic mass is 16.6. The zero-order valence-corrected chi connectivity index (χ0v) is 12.5. The van der Waals surface area contributed by atoms with Gasteiger partial charge >= 0.3 is 6.09 Å². The van der Waals surface area contributed by atoms with Crippen molar-refractivity contribution in [1.29, 1.82) is 0 Å². The maximum atomic E-state index is 11.8. The Morgan fingerprint density at radius 3 is 2.90 bits per heavy atom. The van der Waals surface area contributed by atoms with Crippen molar-refractivity contribution in [2.45, 2.75) is 38.8 Å². The lowest BCUT2D eigenvalue weighted by atomic mass is 10.1. The fourth-order valence-electron chi connectivity index (χ4n) is 1.90. The molecule has 0 aliphatic rings. The highest BCUT2D eigenvalue weighted by Gasteiger charge is 2.19. The van der Waals surface area contributed by atoms with Crippen LogP contribution >= 0.6 is 0 Å². The molecular formula is C14H21N5O2. The first-order chi connectivity index (χ1) is 9.87. The summed E-state index contributed by atoms with van der Waals surface area (Å²) in [5.74, 6) is 0. The average Bonchev–Trinajstić information content (AvgIpc) is 2.77. The van der Waals surface area contributed by atoms with Crippen molar-refractivity contribution < 1.29 is 9.53 Å². The second-order valence-corrected chi connectivity index (χ2v) is 5.84. The third-order valence-corrected chi connectivity index (χ3v) is 2.75. The van der Waals surface area contributed by atoms with Crippen molar-refractivity contribution in [2.75, 3.05) is 6.54 Å². The van der Waals surface area contributed by atoms with Gasteiger partial charge in [-0.25, -0.2) is 14.3 Å². The average molecular weight is 291 g/mol. The van der Waals surface area contributed by atoms with Crippen LogP contribution in [0.25, 0.3) is 5.65 Å². The molecule has 0 aliphatic heterocycles. The lowest BCUT2D eigenvalue weighted by Crippen LogP contribution is -2.44. The van der Waals surface area contributed by atoms with Crippen LogP contribution in [0.3, 0.4) is 0 Å². The van der Waals surface area contributed by atoms with Gasteiger partial charge in [0.05, 0.1) is 5.69 Å². The summed E-state index contributed by atoms with van der Waals surface area (Å²) < 4.78 is 6.91. The highest BCUT2D eigenvalue weighted by molar-refractivity contribution is 5.68. The maximum Gasteiger partial charge on any atom is 0.407 e. The molecule has 0 spiro atoms. The molecule has 2 heterocycles. The summed E-state index contributed by atoms with van der Waals surface area (Å²) in [6, 6.07) is 3.45. The van der Waals surface area contributed by atoms with E-state index in [0.717, 1.165) is 11.3 Å². The van der Waals surface area contributed by atoms with Gasteiger partial charge in [-0.3, -0.25) is 0 Å². The number of hydrogen-bond donors (Lipinski definition) is 2. The Morgan fingerprint density at radius 2 is 2.29 bits per heavy atom. The van der Waals surface area contributed by atoms with Crippen molar-refractivity contribution in [3.63, 3.8) is 0 Å². The van der Waals surface area contributed by atoms with E-state index in [0.29, 0.717) is 13.0 Å². The first kappa shape index (κ1) is 15.2. The van der Waals surface area contributed by atoms with Crippen molar-refractivity contribution >= 4 is 11.7 Å². The number of nitrogens with two attached hydrogens (primary N) is 1. The van der Waals surface area contributed by atoms with Gasteiger partial charge < -0.3 is 15.8 Å². The van der Waals surface area contributed by atoms with Gasteiger partial charge in [-0.15, -0.1) is 0 Å². The summed E-state index contributed by atoms with van der Waals surface area (Å²) in [7, 11) is 0. The molecule has 2 aromatic rings. The quantitative estimate of drug-likeness (QED) is 0.880. The molecule has 114 valence electrons. The van der Waals surface area contributed by atoms with Crippen molar-refractivity contribution in [2.24, 2.45) is 5.73 Å². The predicted octanol–water partition coefficient (Wildman–Crippen LogP) is 1.12. The van der Waals surface area contributed by atoms with E-state index in [4.69, 9.17) is 10.5 Å². The van der Waals surface area contributed by atoms with Crippen LogP contribution in [-0.2, 0) is 11.2 Å². The number of amides is 1. The Hall–Kier alpha value is -2.15. The van der Waals surface area contributed by atoms with E-state index in [1.165, 1.54) is 0 Å². The number of aromatic nitrogens is 3. The van der Waals surface area contributed by atoms with E-state index in [-0.39, 0.29) is 6.04 Å². The predicted molar refractivity (Wildman–Crippen MR) is 78.9 cm³/mol. The van der Waals surface area contributed by atoms with Gasteiger partial charge in [-0.1, -0.05) is 0 Å². The maximum absolute atomic E-state index is 11.8. The van der Waals surface area contributed by atoms with E-state index < -0.39 is 11.7 Å². The topological polar surface area (TPSA) is 94.5 Å². The first-order valence-corrected chi connectivity index (χ1v) is 6.86. The first-order valence-electron chi connectivity index (χ1n) is 6.86. The van der Waals surface area contributed by atoms with Crippen LogP contribution in [0.5, 0.6) is 0 Å². The number of nitrogens with zero attached hydrogens (tertiary/aromatic N) is 3. The number of carbonyl (C=O) groups excluding carboxylic acids is 1. The Balaban J connectivity index is 2.00. The monoisotopic (exact) mass is 291 g/mol. The molecule has 2 aromatic heterocycles. The van der Waals surface area contributed by atoms with E-state index in [2.05, 4.69) is 15.4 Å². The normalized spacial score (nSPS) is 13.1. The van der Waals surface area contributed by atoms with Gasteiger partial charge in [0.25, 0.3) is 0 Å². The van der Waals surface area contributed by atoms with E-state index in [1.807, 2.05) is 39.1 Å². The molecule has 0 fully saturated rings. The zero-order valence-electron chi connectivity index (χ0n) is 12.5. The van der Waals surface area contributed by atoms with Crippen LogP contribution in [-0.4, -0.2) is 38.9 Å². The van der Waals surface area contributed by atoms with Gasteiger partial charge in [-0.05, 0) is 26.8 Å². The molecule has 1 unspecified atom stereocenters. The van der Waals surface area contributed by atoms with Gasteiger partial charge in [0.1, 0.15) is 5.60 Å². The molecule has 7 nitrogen and oxygen atoms in total. The van der Waals surface area contributed by atoms with Crippen molar-refractivity contribution in [1.82, 2.24) is 19.9 Å². The largest absolute Gasteiger partial charge is 0.444 e. The second kappa shape index (κ2) is 6.09. The summed E-state index contributed by atoms with van der Waals surface area (Å²) in [5, 5.41) is 7.15. The Labute approximate surface area is 123 Å². The summed E-state index contributed by atoms with van der Waals surface area (Å²) in [4.78, 5) is 16.0. The van der Waals surface area contributed by atoms with E-state index in [1.54, 1.807) is 10.7 Å². The zero-order chi connectivity index (χ0) is 15.5. The number of ether oxygens (including phenoxy) is 1. The third kappa shape index (κ3) is 4.42. The molecule has 0 radical (unpaired) electrons. The molecule has 21 heavy (non-hydrogen) atoms. The minimum absolute atomic E-state index is 0.232. The third-order valence-electron chi connectivity index (χ3n) is 2.75. The fourth-order valence-corrected chi connectivity index (χ4v) is 1.90. The molecule has 0 bridgehead atoms. The minimum atomic E-state index is -0.532. The van der Waals surface area contributed by atoms with Crippen LogP contribution in [0, 0.1) is 0 Å². The number of hydrogen-bond acceptors (Lipinski definition) is 5. The lowest BCUT2D eigenvalue weighted by Gasteiger charge is -2.22. The van der Waals surface area contributed by atoms with Gasteiger partial charge in [0, 0.05) is 37.5 Å².